The van der Waals surface area contributed by atoms with E-state index in [-0.39, 0.29) is 6.42 Å². The second kappa shape index (κ2) is 9.53. The predicted molar refractivity (Wildman–Crippen MR) is 119 cm³/mol. The molecule has 1 unspecified atom stereocenters. The fraction of sp³-hybridized carbons (Fsp3) is 0.240. The predicted octanol–water partition coefficient (Wildman–Crippen LogP) is 5.04. The van der Waals surface area contributed by atoms with Gasteiger partial charge in [0.1, 0.15) is 12.4 Å². The minimum absolute atomic E-state index is 0.253. The van der Waals surface area contributed by atoms with Gasteiger partial charge in [0.25, 0.3) is 0 Å². The first-order chi connectivity index (χ1) is 15.2. The summed E-state index contributed by atoms with van der Waals surface area (Å²) in [6.45, 7) is 3.16. The summed E-state index contributed by atoms with van der Waals surface area (Å²) in [5.41, 5.74) is 2.78. The molecule has 1 atom stereocenters. The number of hydrogen-bond acceptors (Lipinski definition) is 5. The summed E-state index contributed by atoms with van der Waals surface area (Å²) in [6.07, 6.45) is -0.643. The minimum atomic E-state index is -0.974. The molecule has 0 fully saturated rings. The number of benzene rings is 3. The molecule has 160 valence electrons. The lowest BCUT2D eigenvalue weighted by molar-refractivity contribution is -0.149. The van der Waals surface area contributed by atoms with Crippen LogP contribution in [0.2, 0.25) is 0 Å². The van der Waals surface area contributed by atoms with Gasteiger partial charge in [-0.25, -0.2) is 4.79 Å². The molecule has 6 nitrogen and oxygen atoms in total. The number of aliphatic carboxylic acids is 1. The van der Waals surface area contributed by atoms with Crippen molar-refractivity contribution in [2.24, 2.45) is 0 Å². The summed E-state index contributed by atoms with van der Waals surface area (Å²) < 4.78 is 17.5. The summed E-state index contributed by atoms with van der Waals surface area (Å²) in [4.78, 5) is 13.7. The number of rotatable bonds is 9. The number of anilines is 2. The Kier molecular flexibility index (Phi) is 6.38. The number of carboxylic acid groups (broad SMARTS) is 1. The van der Waals surface area contributed by atoms with Crippen molar-refractivity contribution in [2.45, 2.75) is 19.4 Å². The summed E-state index contributed by atoms with van der Waals surface area (Å²) in [5.74, 6) is 1.31. The normalized spacial score (nSPS) is 13.0. The van der Waals surface area contributed by atoms with E-state index in [1.807, 2.05) is 72.8 Å². The average Bonchev–Trinajstić information content (AvgIpc) is 2.79. The monoisotopic (exact) mass is 419 g/mol. The Balaban J connectivity index is 1.49. The molecule has 0 saturated heterocycles. The molecule has 1 aliphatic rings. The van der Waals surface area contributed by atoms with Crippen LogP contribution in [0.5, 0.6) is 17.2 Å². The summed E-state index contributed by atoms with van der Waals surface area (Å²) in [6, 6.07) is 23.3. The van der Waals surface area contributed by atoms with Crippen molar-refractivity contribution in [3.05, 3.63) is 78.4 Å². The fourth-order valence-corrected chi connectivity index (χ4v) is 3.70. The average molecular weight is 419 g/mol. The zero-order valence-corrected chi connectivity index (χ0v) is 17.4. The molecule has 3 aromatic carbocycles. The lowest BCUT2D eigenvalue weighted by atomic mass is 10.1. The minimum Gasteiger partial charge on any atom is -0.491 e. The smallest absolute Gasteiger partial charge is 0.333 e. The van der Waals surface area contributed by atoms with Gasteiger partial charge in [0.05, 0.1) is 17.9 Å². The first-order valence-electron chi connectivity index (χ1n) is 10.4. The highest BCUT2D eigenvalue weighted by molar-refractivity contribution is 5.77. The molecule has 0 saturated carbocycles. The molecule has 0 bridgehead atoms. The van der Waals surface area contributed by atoms with Crippen molar-refractivity contribution in [1.82, 2.24) is 0 Å². The molecular weight excluding hydrogens is 394 g/mol. The van der Waals surface area contributed by atoms with E-state index >= 15 is 0 Å². The first kappa shape index (κ1) is 20.8. The van der Waals surface area contributed by atoms with Gasteiger partial charge < -0.3 is 24.2 Å². The Bertz CT molecular complexity index is 1010. The summed E-state index contributed by atoms with van der Waals surface area (Å²) in [7, 11) is 0. The van der Waals surface area contributed by atoms with Gasteiger partial charge in [-0.3, -0.25) is 0 Å². The Morgan fingerprint density at radius 2 is 1.58 bits per heavy atom. The SMILES string of the molecule is CCOC(Cc1ccccc1OCCN1c2ccccc2Oc2ccccc21)C(=O)O. The highest BCUT2D eigenvalue weighted by atomic mass is 16.5. The van der Waals surface area contributed by atoms with Gasteiger partial charge in [0.15, 0.2) is 17.6 Å². The fourth-order valence-electron chi connectivity index (χ4n) is 3.70. The molecule has 0 aliphatic carbocycles. The summed E-state index contributed by atoms with van der Waals surface area (Å²) in [5, 5.41) is 9.40. The van der Waals surface area contributed by atoms with Crippen molar-refractivity contribution < 1.29 is 24.1 Å². The van der Waals surface area contributed by atoms with E-state index in [0.717, 1.165) is 28.4 Å². The molecule has 0 spiro atoms. The van der Waals surface area contributed by atoms with E-state index in [0.29, 0.717) is 25.5 Å². The van der Waals surface area contributed by atoms with Gasteiger partial charge in [-0.15, -0.1) is 0 Å². The third kappa shape index (κ3) is 4.64. The Hall–Kier alpha value is -3.51. The first-order valence-corrected chi connectivity index (χ1v) is 10.4. The van der Waals surface area contributed by atoms with Gasteiger partial charge in [-0.2, -0.15) is 0 Å². The number of carboxylic acids is 1. The van der Waals surface area contributed by atoms with Gasteiger partial charge >= 0.3 is 5.97 Å². The molecule has 0 radical (unpaired) electrons. The standard InChI is InChI=1S/C25H25NO5/c1-2-29-24(25(27)28)17-18-9-3-6-12-21(18)30-16-15-26-19-10-4-7-13-22(19)31-23-14-8-5-11-20(23)26/h3-14,24H,2,15-17H2,1H3,(H,27,28). The van der Waals surface area contributed by atoms with Crippen LogP contribution in [-0.4, -0.2) is 36.9 Å². The number of nitrogens with zero attached hydrogens (tertiary/aromatic N) is 1. The van der Waals surface area contributed by atoms with Crippen LogP contribution in [0.25, 0.3) is 0 Å². The number of ether oxygens (including phenoxy) is 3. The van der Waals surface area contributed by atoms with Crippen LogP contribution in [-0.2, 0) is 16.0 Å². The van der Waals surface area contributed by atoms with E-state index in [1.165, 1.54) is 0 Å². The van der Waals surface area contributed by atoms with Crippen molar-refractivity contribution in [2.75, 3.05) is 24.7 Å². The Morgan fingerprint density at radius 3 is 2.23 bits per heavy atom. The van der Waals surface area contributed by atoms with Gasteiger partial charge in [-0.1, -0.05) is 42.5 Å². The maximum atomic E-state index is 11.5. The molecule has 31 heavy (non-hydrogen) atoms. The lowest BCUT2D eigenvalue weighted by Crippen LogP contribution is -2.27. The van der Waals surface area contributed by atoms with Crippen LogP contribution >= 0.6 is 0 Å². The Morgan fingerprint density at radius 1 is 0.968 bits per heavy atom. The van der Waals surface area contributed by atoms with Crippen molar-refractivity contribution in [3.8, 4) is 17.2 Å². The zero-order chi connectivity index (χ0) is 21.6. The molecule has 1 N–H and O–H groups in total. The van der Waals surface area contributed by atoms with E-state index < -0.39 is 12.1 Å². The maximum absolute atomic E-state index is 11.5. The largest absolute Gasteiger partial charge is 0.491 e. The Labute approximate surface area is 181 Å². The number of para-hydroxylation sites is 5. The molecule has 0 aromatic heterocycles. The summed E-state index contributed by atoms with van der Waals surface area (Å²) >= 11 is 0. The van der Waals surface area contributed by atoms with Gasteiger partial charge in [-0.05, 0) is 42.8 Å². The second-order valence-corrected chi connectivity index (χ2v) is 7.13. The van der Waals surface area contributed by atoms with E-state index in [9.17, 15) is 9.90 Å². The van der Waals surface area contributed by atoms with Gasteiger partial charge in [0, 0.05) is 13.0 Å². The second-order valence-electron chi connectivity index (χ2n) is 7.13. The number of carbonyl (C=O) groups is 1. The zero-order valence-electron chi connectivity index (χ0n) is 17.4. The maximum Gasteiger partial charge on any atom is 0.333 e. The number of hydrogen-bond donors (Lipinski definition) is 1. The van der Waals surface area contributed by atoms with Crippen LogP contribution in [0.1, 0.15) is 12.5 Å². The van der Waals surface area contributed by atoms with E-state index in [4.69, 9.17) is 14.2 Å². The molecule has 4 rings (SSSR count). The number of fused-ring (bicyclic) bond motifs is 2. The quantitative estimate of drug-likeness (QED) is 0.524. The van der Waals surface area contributed by atoms with Crippen LogP contribution in [0, 0.1) is 0 Å². The third-order valence-electron chi connectivity index (χ3n) is 5.13. The van der Waals surface area contributed by atoms with Crippen molar-refractivity contribution in [1.29, 1.82) is 0 Å². The van der Waals surface area contributed by atoms with Crippen LogP contribution < -0.4 is 14.4 Å². The highest BCUT2D eigenvalue weighted by Crippen LogP contribution is 2.45. The molecular formula is C25H25NO5. The van der Waals surface area contributed by atoms with Crippen LogP contribution in [0.3, 0.4) is 0 Å². The third-order valence-corrected chi connectivity index (χ3v) is 5.13. The van der Waals surface area contributed by atoms with Crippen LogP contribution in [0.4, 0.5) is 11.4 Å². The molecule has 3 aromatic rings. The molecule has 0 amide bonds. The lowest BCUT2D eigenvalue weighted by Gasteiger charge is -2.32. The van der Waals surface area contributed by atoms with Crippen LogP contribution in [0.15, 0.2) is 72.8 Å². The van der Waals surface area contributed by atoms with E-state index in [2.05, 4.69) is 4.90 Å². The van der Waals surface area contributed by atoms with Crippen molar-refractivity contribution in [3.63, 3.8) is 0 Å². The van der Waals surface area contributed by atoms with Crippen molar-refractivity contribution >= 4 is 17.3 Å². The topological polar surface area (TPSA) is 68.2 Å². The highest BCUT2D eigenvalue weighted by Gasteiger charge is 2.24. The molecule has 1 aliphatic heterocycles. The molecule has 1 heterocycles. The van der Waals surface area contributed by atoms with E-state index in [1.54, 1.807) is 6.92 Å². The van der Waals surface area contributed by atoms with Gasteiger partial charge in [0.2, 0.25) is 0 Å². The molecule has 6 heteroatoms.